The largest absolute Gasteiger partial charge is 0.573 e. The van der Waals surface area contributed by atoms with Gasteiger partial charge in [-0.15, -0.1) is 13.2 Å². The third-order valence-corrected chi connectivity index (χ3v) is 7.90. The minimum Gasteiger partial charge on any atom is -0.453 e. The summed E-state index contributed by atoms with van der Waals surface area (Å²) in [6, 6.07) is 18.3. The standard InChI is InChI=1S/C25H24F3N3O4S/c26-25(27,28)35-16-12-14-17(15-13-16)36(29,33)30-18-6-5-9-21(24(18)32)31-19-7-1-3-10-22(19)34-23-11-4-2-8-20(23)31/h1-4,7-8,10-15,18,21,24,32H,5-6,9H2,(H2,29,30,33)/t18-,21-,24-,36?/m1/s1. The average Bonchev–Trinajstić information content (AvgIpc) is 2.83. The maximum Gasteiger partial charge on any atom is 0.573 e. The number of fused-ring (bicyclic) bond motifs is 2. The molecule has 0 spiro atoms. The number of nitrogens with zero attached hydrogens (tertiary/aromatic N) is 1. The summed E-state index contributed by atoms with van der Waals surface area (Å²) < 4.78 is 71.6. The Morgan fingerprint density at radius 1 is 0.972 bits per heavy atom. The van der Waals surface area contributed by atoms with Gasteiger partial charge >= 0.3 is 6.36 Å². The molecule has 0 aromatic heterocycles. The second-order valence-electron chi connectivity index (χ2n) is 8.70. The predicted molar refractivity (Wildman–Crippen MR) is 128 cm³/mol. The molecule has 3 aromatic carbocycles. The van der Waals surface area contributed by atoms with E-state index in [9.17, 15) is 22.5 Å². The number of benzene rings is 3. The van der Waals surface area contributed by atoms with Crippen LogP contribution in [0, 0.1) is 4.78 Å². The SMILES string of the molecule is N=S(=O)(N[C@@H]1CCC[C@@H](N2c3ccccc3Oc3ccccc32)[C@@H]1O)c1ccc(OC(F)(F)F)cc1. The highest BCUT2D eigenvalue weighted by Gasteiger charge is 2.40. The van der Waals surface area contributed by atoms with Gasteiger partial charge < -0.3 is 19.5 Å². The van der Waals surface area contributed by atoms with E-state index in [0.29, 0.717) is 30.8 Å². The summed E-state index contributed by atoms with van der Waals surface area (Å²) in [5.41, 5.74) is 1.60. The fourth-order valence-corrected chi connectivity index (χ4v) is 6.11. The van der Waals surface area contributed by atoms with Crippen LogP contribution in [0.3, 0.4) is 0 Å². The molecule has 11 heteroatoms. The molecule has 0 amide bonds. The maximum atomic E-state index is 13.2. The molecule has 1 aliphatic heterocycles. The van der Waals surface area contributed by atoms with Gasteiger partial charge in [0, 0.05) is 6.04 Å². The van der Waals surface area contributed by atoms with E-state index in [-0.39, 0.29) is 10.9 Å². The first-order valence-corrected chi connectivity index (χ1v) is 12.9. The van der Waals surface area contributed by atoms with Crippen molar-refractivity contribution in [1.82, 2.24) is 4.72 Å². The highest BCUT2D eigenvalue weighted by molar-refractivity contribution is 7.90. The van der Waals surface area contributed by atoms with Crippen LogP contribution in [0.1, 0.15) is 19.3 Å². The zero-order valence-corrected chi connectivity index (χ0v) is 19.8. The molecule has 3 N–H and O–H groups in total. The van der Waals surface area contributed by atoms with Crippen LogP contribution in [-0.2, 0) is 9.92 Å². The van der Waals surface area contributed by atoms with Crippen LogP contribution in [0.15, 0.2) is 77.7 Å². The van der Waals surface area contributed by atoms with Gasteiger partial charge in [0.2, 0.25) is 0 Å². The van der Waals surface area contributed by atoms with Gasteiger partial charge in [-0.25, -0.2) is 13.7 Å². The maximum absolute atomic E-state index is 13.2. The van der Waals surface area contributed by atoms with Crippen molar-refractivity contribution < 1.29 is 32.0 Å². The Hall–Kier alpha value is -3.28. The van der Waals surface area contributed by atoms with Gasteiger partial charge in [-0.2, -0.15) is 0 Å². The molecule has 1 fully saturated rings. The third-order valence-electron chi connectivity index (χ3n) is 6.33. The monoisotopic (exact) mass is 519 g/mol. The molecular weight excluding hydrogens is 495 g/mol. The van der Waals surface area contributed by atoms with E-state index in [2.05, 4.69) is 9.46 Å². The van der Waals surface area contributed by atoms with Crippen molar-refractivity contribution in [2.75, 3.05) is 4.90 Å². The van der Waals surface area contributed by atoms with Crippen LogP contribution >= 0.6 is 0 Å². The number of anilines is 2. The van der Waals surface area contributed by atoms with E-state index < -0.39 is 34.2 Å². The van der Waals surface area contributed by atoms with E-state index in [1.807, 2.05) is 53.4 Å². The summed E-state index contributed by atoms with van der Waals surface area (Å²) in [5, 5.41) is 11.4. The van der Waals surface area contributed by atoms with Crippen molar-refractivity contribution in [3.63, 3.8) is 0 Å². The number of aliphatic hydroxyl groups excluding tert-OH is 1. The van der Waals surface area contributed by atoms with Crippen molar-refractivity contribution in [1.29, 1.82) is 4.78 Å². The Labute approximate surface area is 206 Å². The van der Waals surface area contributed by atoms with Crippen LogP contribution in [0.4, 0.5) is 24.5 Å². The quantitative estimate of drug-likeness (QED) is 0.401. The lowest BCUT2D eigenvalue weighted by molar-refractivity contribution is -0.274. The Balaban J connectivity index is 1.39. The molecule has 36 heavy (non-hydrogen) atoms. The topological polar surface area (TPSA) is 94.9 Å². The molecule has 4 atom stereocenters. The van der Waals surface area contributed by atoms with Crippen LogP contribution in [0.5, 0.6) is 17.2 Å². The van der Waals surface area contributed by atoms with Crippen molar-refractivity contribution in [3.05, 3.63) is 72.8 Å². The number of nitrogens with one attached hydrogen (secondary N) is 2. The first-order valence-electron chi connectivity index (χ1n) is 11.4. The zero-order valence-electron chi connectivity index (χ0n) is 18.9. The molecule has 0 bridgehead atoms. The number of halogens is 3. The van der Waals surface area contributed by atoms with Crippen LogP contribution in [0.25, 0.3) is 0 Å². The van der Waals surface area contributed by atoms with Gasteiger partial charge in [0.25, 0.3) is 0 Å². The normalized spacial score (nSPS) is 23.1. The summed E-state index contributed by atoms with van der Waals surface area (Å²) in [6.07, 6.45) is -3.99. The Bertz CT molecular complexity index is 1300. The number of hydrogen-bond acceptors (Lipinski definition) is 6. The molecule has 190 valence electrons. The highest BCUT2D eigenvalue weighted by atomic mass is 32.2. The van der Waals surface area contributed by atoms with Crippen molar-refractivity contribution >= 4 is 21.3 Å². The first-order chi connectivity index (χ1) is 17.1. The molecule has 1 unspecified atom stereocenters. The van der Waals surface area contributed by atoms with Crippen LogP contribution in [0.2, 0.25) is 0 Å². The van der Waals surface area contributed by atoms with Crippen molar-refractivity contribution in [3.8, 4) is 17.2 Å². The molecule has 1 saturated carbocycles. The minimum atomic E-state index is -4.85. The number of rotatable bonds is 5. The third kappa shape index (κ3) is 4.86. The van der Waals surface area contributed by atoms with Crippen LogP contribution in [-0.4, -0.2) is 33.9 Å². The van der Waals surface area contributed by atoms with Gasteiger partial charge in [-0.3, -0.25) is 0 Å². The number of hydrogen-bond donors (Lipinski definition) is 3. The van der Waals surface area contributed by atoms with E-state index in [1.54, 1.807) is 0 Å². The predicted octanol–water partition coefficient (Wildman–Crippen LogP) is 5.72. The molecule has 0 saturated heterocycles. The Morgan fingerprint density at radius 2 is 1.56 bits per heavy atom. The van der Waals surface area contributed by atoms with Gasteiger partial charge in [0.15, 0.2) is 11.5 Å². The number of aliphatic hydroxyl groups is 1. The number of alkyl halides is 3. The highest BCUT2D eigenvalue weighted by Crippen LogP contribution is 2.49. The zero-order chi connectivity index (χ0) is 25.5. The van der Waals surface area contributed by atoms with E-state index >= 15 is 0 Å². The van der Waals surface area contributed by atoms with Crippen molar-refractivity contribution in [2.24, 2.45) is 0 Å². The molecular formula is C25H24F3N3O4S. The van der Waals surface area contributed by atoms with Gasteiger partial charge in [0.05, 0.1) is 28.4 Å². The number of ether oxygens (including phenoxy) is 2. The van der Waals surface area contributed by atoms with E-state index in [0.717, 1.165) is 35.6 Å². The fraction of sp³-hybridized carbons (Fsp3) is 0.280. The van der Waals surface area contributed by atoms with E-state index in [4.69, 9.17) is 9.52 Å². The Kier molecular flexibility index (Phi) is 6.31. The molecule has 0 radical (unpaired) electrons. The van der Waals surface area contributed by atoms with Gasteiger partial charge in [-0.1, -0.05) is 24.3 Å². The van der Waals surface area contributed by atoms with Gasteiger partial charge in [0.1, 0.15) is 15.7 Å². The number of para-hydroxylation sites is 4. The van der Waals surface area contributed by atoms with Crippen molar-refractivity contribution in [2.45, 2.75) is 48.7 Å². The smallest absolute Gasteiger partial charge is 0.453 e. The summed E-state index contributed by atoms with van der Waals surface area (Å²) in [4.78, 5) is 2.02. The second-order valence-corrected chi connectivity index (χ2v) is 10.5. The summed E-state index contributed by atoms with van der Waals surface area (Å²) >= 11 is 0. The first kappa shape index (κ1) is 24.4. The molecule has 3 aromatic rings. The molecule has 7 nitrogen and oxygen atoms in total. The summed E-state index contributed by atoms with van der Waals surface area (Å²) in [6.45, 7) is 0. The lowest BCUT2D eigenvalue weighted by Gasteiger charge is -2.45. The Morgan fingerprint density at radius 3 is 2.14 bits per heavy atom. The lowest BCUT2D eigenvalue weighted by Crippen LogP contribution is -2.55. The second kappa shape index (κ2) is 9.30. The minimum absolute atomic E-state index is 0.00610. The summed E-state index contributed by atoms with van der Waals surface area (Å²) in [7, 11) is -3.62. The molecule has 2 aliphatic rings. The lowest BCUT2D eigenvalue weighted by atomic mass is 9.86. The van der Waals surface area contributed by atoms with Crippen LogP contribution < -0.4 is 19.1 Å². The molecule has 5 rings (SSSR count). The average molecular weight is 520 g/mol. The van der Waals surface area contributed by atoms with E-state index in [1.165, 1.54) is 0 Å². The summed E-state index contributed by atoms with van der Waals surface area (Å²) in [5.74, 6) is 0.844. The molecule has 1 aliphatic carbocycles. The van der Waals surface area contributed by atoms with Gasteiger partial charge in [-0.05, 0) is 67.8 Å². The fourth-order valence-electron chi connectivity index (χ4n) is 4.77. The molecule has 1 heterocycles.